The lowest BCUT2D eigenvalue weighted by Crippen LogP contribution is -2.27. The molecule has 3 heteroatoms. The summed E-state index contributed by atoms with van der Waals surface area (Å²) in [4.78, 5) is 7.51. The van der Waals surface area contributed by atoms with Gasteiger partial charge in [-0.15, -0.1) is 0 Å². The summed E-state index contributed by atoms with van der Waals surface area (Å²) in [5.74, 6) is 0. The maximum absolute atomic E-state index is 2.67. The molecule has 0 bridgehead atoms. The molecule has 0 N–H and O–H groups in total. The molecule has 0 spiro atoms. The highest BCUT2D eigenvalue weighted by Crippen LogP contribution is 2.60. The van der Waals surface area contributed by atoms with Gasteiger partial charge in [-0.05, 0) is 208 Å². The Hall–Kier alpha value is -9.18. The largest absolute Gasteiger partial charge is 0.345 e. The van der Waals surface area contributed by atoms with Gasteiger partial charge < -0.3 is 14.7 Å². The van der Waals surface area contributed by atoms with Crippen molar-refractivity contribution in [3.05, 3.63) is 300 Å². The Morgan fingerprint density at radius 2 is 0.540 bits per heavy atom. The Balaban J connectivity index is 0.884. The lowest BCUT2D eigenvalue weighted by atomic mass is 9.70. The summed E-state index contributed by atoms with van der Waals surface area (Å²) in [6, 6.07) is 100. The second kappa shape index (κ2) is 31.6. The molecular formula is C97H107N3. The van der Waals surface area contributed by atoms with Crippen LogP contribution < -0.4 is 14.7 Å². The molecule has 0 saturated carbocycles. The van der Waals surface area contributed by atoms with Crippen molar-refractivity contribution in [2.45, 2.75) is 193 Å². The molecule has 0 fully saturated rings. The van der Waals surface area contributed by atoms with E-state index in [1.165, 1.54) is 220 Å². The van der Waals surface area contributed by atoms with E-state index in [-0.39, 0.29) is 16.2 Å². The molecule has 0 amide bonds. The molecule has 0 atom stereocenters. The lowest BCUT2D eigenvalue weighted by molar-refractivity contribution is 0.401. The number of fused-ring (bicyclic) bond motifs is 6. The molecule has 11 aromatic carbocycles. The van der Waals surface area contributed by atoms with Gasteiger partial charge in [0.05, 0.1) is 0 Å². The predicted molar refractivity (Wildman–Crippen MR) is 432 cm³/mol. The normalized spacial score (nSPS) is 13.2. The number of benzene rings is 11. The third-order valence-electron chi connectivity index (χ3n) is 22.9. The van der Waals surface area contributed by atoms with Gasteiger partial charge in [0.15, 0.2) is 0 Å². The van der Waals surface area contributed by atoms with Crippen molar-refractivity contribution in [2.24, 2.45) is 0 Å². The Bertz CT molecular complexity index is 4430. The summed E-state index contributed by atoms with van der Waals surface area (Å²) in [5, 5.41) is 0. The molecule has 0 saturated heterocycles. The van der Waals surface area contributed by atoms with Crippen molar-refractivity contribution >= 4 is 45.5 Å². The number of hydrogen-bond donors (Lipinski definition) is 0. The van der Waals surface area contributed by atoms with E-state index in [0.29, 0.717) is 0 Å². The quantitative estimate of drug-likeness (QED) is 0.0389. The van der Waals surface area contributed by atoms with Crippen LogP contribution in [-0.4, -0.2) is 7.05 Å². The third kappa shape index (κ3) is 14.3. The highest BCUT2D eigenvalue weighted by atomic mass is 15.1. The standard InChI is InChI=1S/C97H107N3/c1-9-13-17-30-64-96(65-31-18-14-10-2)91-68-83(98(8)79-34-24-21-25-35-79)56-60-87(91)88-62-58-85(70-93(88)96)100(81-38-28-23-29-39-81)86-59-63-90-89-61-57-84(69-92(89)97(94(90)71-86,66-32-19-15-11-3)67-33-20-16-12-4)99(80-36-26-22-27-37-80)82-54-48-76(49-55-82)75-46-52-78(53-47-75)95(6,7)77-50-44-74(45-51-77)73-42-40-72(5)41-43-73/h21-29,34-63,68-71H,9-20,30-33,64-67H2,1-8H3. The zero-order chi connectivity index (χ0) is 69.1. The van der Waals surface area contributed by atoms with Crippen LogP contribution in [0.15, 0.2) is 261 Å². The molecule has 3 nitrogen and oxygen atoms in total. The monoisotopic (exact) mass is 1310 g/mol. The summed E-state index contributed by atoms with van der Waals surface area (Å²) >= 11 is 0. The van der Waals surface area contributed by atoms with E-state index in [1.807, 2.05) is 0 Å². The van der Waals surface area contributed by atoms with E-state index >= 15 is 0 Å². The predicted octanol–water partition coefficient (Wildman–Crippen LogP) is 28.8. The summed E-state index contributed by atoms with van der Waals surface area (Å²) in [6.45, 7) is 16.3. The third-order valence-corrected chi connectivity index (χ3v) is 22.9. The Labute approximate surface area is 601 Å². The van der Waals surface area contributed by atoms with Crippen molar-refractivity contribution in [1.82, 2.24) is 0 Å². The zero-order valence-corrected chi connectivity index (χ0v) is 61.3. The molecule has 13 rings (SSSR count). The number of unbranched alkanes of at least 4 members (excludes halogenated alkanes) is 12. The van der Waals surface area contributed by atoms with Crippen LogP contribution in [0.2, 0.25) is 0 Å². The van der Waals surface area contributed by atoms with Crippen LogP contribution in [0.25, 0.3) is 44.5 Å². The van der Waals surface area contributed by atoms with Gasteiger partial charge in [0.1, 0.15) is 0 Å². The number of anilines is 8. The molecule has 0 aromatic heterocycles. The van der Waals surface area contributed by atoms with E-state index in [9.17, 15) is 0 Å². The minimum Gasteiger partial charge on any atom is -0.345 e. The second-order valence-corrected chi connectivity index (χ2v) is 29.8. The van der Waals surface area contributed by atoms with Crippen molar-refractivity contribution in [1.29, 1.82) is 0 Å². The first-order chi connectivity index (χ1) is 49.0. The van der Waals surface area contributed by atoms with Gasteiger partial charge >= 0.3 is 0 Å². The zero-order valence-electron chi connectivity index (χ0n) is 61.3. The van der Waals surface area contributed by atoms with Crippen LogP contribution >= 0.6 is 0 Å². The van der Waals surface area contributed by atoms with Crippen molar-refractivity contribution in [3.8, 4) is 44.5 Å². The summed E-state index contributed by atoms with van der Waals surface area (Å²) < 4.78 is 0. The molecule has 0 radical (unpaired) electrons. The van der Waals surface area contributed by atoms with Crippen molar-refractivity contribution < 1.29 is 0 Å². The van der Waals surface area contributed by atoms with Crippen LogP contribution in [0.4, 0.5) is 45.5 Å². The average molecular weight is 1310 g/mol. The van der Waals surface area contributed by atoms with Crippen molar-refractivity contribution in [2.75, 3.05) is 21.7 Å². The fraction of sp³-hybridized carbons (Fsp3) is 0.320. The minimum absolute atomic E-state index is 0.112. The maximum atomic E-state index is 2.67. The lowest BCUT2D eigenvalue weighted by Gasteiger charge is -2.36. The number of hydrogen-bond acceptors (Lipinski definition) is 3. The van der Waals surface area contributed by atoms with E-state index in [4.69, 9.17) is 0 Å². The first-order valence-electron chi connectivity index (χ1n) is 38.4. The van der Waals surface area contributed by atoms with Crippen molar-refractivity contribution in [3.63, 3.8) is 0 Å². The highest BCUT2D eigenvalue weighted by molar-refractivity contribution is 5.91. The van der Waals surface area contributed by atoms with Crippen LogP contribution in [0, 0.1) is 6.92 Å². The fourth-order valence-electron chi connectivity index (χ4n) is 17.0. The molecule has 11 aromatic rings. The van der Waals surface area contributed by atoms with Gasteiger partial charge in [0.2, 0.25) is 0 Å². The van der Waals surface area contributed by atoms with Gasteiger partial charge in [0, 0.05) is 68.8 Å². The van der Waals surface area contributed by atoms with E-state index in [2.05, 4.69) is 331 Å². The first kappa shape index (κ1) is 69.3. The van der Waals surface area contributed by atoms with Crippen LogP contribution in [0.1, 0.15) is 209 Å². The Morgan fingerprint density at radius 1 is 0.270 bits per heavy atom. The maximum Gasteiger partial charge on any atom is 0.0465 e. The fourth-order valence-corrected chi connectivity index (χ4v) is 17.0. The second-order valence-electron chi connectivity index (χ2n) is 29.8. The van der Waals surface area contributed by atoms with Gasteiger partial charge in [0.25, 0.3) is 0 Å². The molecule has 510 valence electrons. The van der Waals surface area contributed by atoms with Gasteiger partial charge in [-0.1, -0.05) is 314 Å². The summed E-state index contributed by atoms with van der Waals surface area (Å²) in [7, 11) is 2.24. The van der Waals surface area contributed by atoms with Gasteiger partial charge in [-0.25, -0.2) is 0 Å². The summed E-state index contributed by atoms with van der Waals surface area (Å²) in [5.41, 5.74) is 29.6. The molecular weight excluding hydrogens is 1210 g/mol. The molecule has 2 aliphatic rings. The molecule has 100 heavy (non-hydrogen) atoms. The van der Waals surface area contributed by atoms with Gasteiger partial charge in [-0.3, -0.25) is 0 Å². The molecule has 0 unspecified atom stereocenters. The van der Waals surface area contributed by atoms with Crippen LogP contribution in [0.3, 0.4) is 0 Å². The number of aryl methyl sites for hydroxylation is 1. The molecule has 2 aliphatic carbocycles. The van der Waals surface area contributed by atoms with E-state index < -0.39 is 0 Å². The van der Waals surface area contributed by atoms with Crippen LogP contribution in [-0.2, 0) is 16.2 Å². The SMILES string of the molecule is CCCCCCC1(CCCCCC)c2cc(N(C)c3ccccc3)ccc2-c2ccc(N(c3ccccc3)c3ccc4c(c3)C(CCCCCC)(CCCCCC)c3cc(N(c5ccccc5)c5ccc(-c6ccc(C(C)(C)c7ccc(-c8ccc(C)cc8)cc7)cc6)cc5)ccc3-4)cc21. The molecule has 0 heterocycles. The number of rotatable bonds is 32. The van der Waals surface area contributed by atoms with E-state index in [1.54, 1.807) is 0 Å². The Kier molecular flexibility index (Phi) is 21.9. The number of para-hydroxylation sites is 3. The van der Waals surface area contributed by atoms with Gasteiger partial charge in [-0.2, -0.15) is 0 Å². The topological polar surface area (TPSA) is 9.72 Å². The smallest absolute Gasteiger partial charge is 0.0465 e. The average Bonchev–Trinajstić information content (AvgIpc) is 1.56. The summed E-state index contributed by atoms with van der Waals surface area (Å²) in [6.07, 6.45) is 24.3. The number of nitrogens with zero attached hydrogens (tertiary/aromatic N) is 3. The Morgan fingerprint density at radius 3 is 0.880 bits per heavy atom. The highest BCUT2D eigenvalue weighted by Gasteiger charge is 2.45. The molecule has 0 aliphatic heterocycles. The van der Waals surface area contributed by atoms with Crippen LogP contribution in [0.5, 0.6) is 0 Å². The van der Waals surface area contributed by atoms with E-state index in [0.717, 1.165) is 37.1 Å². The minimum atomic E-state index is -0.186. The first-order valence-corrected chi connectivity index (χ1v) is 38.4.